The molecule has 4 rings (SSSR count). The quantitative estimate of drug-likeness (QED) is 0.889. The Hall–Kier alpha value is -2.32. The average molecular weight is 347 g/mol. The van der Waals surface area contributed by atoms with Crippen LogP contribution >= 0.6 is 0 Å². The number of β-amino-alcohol motifs (C(OH)–C–C–N with tert-alkyl or cyclic N) is 1. The molecule has 0 bridgehead atoms. The summed E-state index contributed by atoms with van der Waals surface area (Å²) in [6, 6.07) is 3.79. The van der Waals surface area contributed by atoms with Gasteiger partial charge in [-0.25, -0.2) is 0 Å². The summed E-state index contributed by atoms with van der Waals surface area (Å²) >= 11 is 0. The minimum absolute atomic E-state index is 0.101. The number of likely N-dealkylation sites (tertiary alicyclic amines) is 1. The molecule has 25 heavy (non-hydrogen) atoms. The van der Waals surface area contributed by atoms with Crippen molar-refractivity contribution in [2.24, 2.45) is 0 Å². The van der Waals surface area contributed by atoms with Gasteiger partial charge in [0.2, 0.25) is 17.5 Å². The standard InChI is InChI=1S/C17H21N3O5/c1-10-18-19-17(25-10)13-7-12(21)9-20(13)8-11-5-14(22-2)16-15(6-11)23-3-4-24-16/h5-6,12-13,21H,3-4,7-9H2,1-2H3/t12-,13-/m1/s1. The van der Waals surface area contributed by atoms with Gasteiger partial charge in [-0.2, -0.15) is 0 Å². The number of fused-ring (bicyclic) bond motifs is 1. The molecule has 0 aliphatic carbocycles. The Bertz CT molecular complexity index is 745. The molecule has 0 spiro atoms. The maximum atomic E-state index is 10.1. The molecule has 1 aromatic heterocycles. The lowest BCUT2D eigenvalue weighted by Crippen LogP contribution is -2.25. The second-order valence-electron chi connectivity index (χ2n) is 6.32. The highest BCUT2D eigenvalue weighted by molar-refractivity contribution is 5.54. The zero-order chi connectivity index (χ0) is 17.4. The molecule has 8 nitrogen and oxygen atoms in total. The van der Waals surface area contributed by atoms with Crippen LogP contribution in [0, 0.1) is 6.92 Å². The van der Waals surface area contributed by atoms with E-state index in [1.165, 1.54) is 0 Å². The Morgan fingerprint density at radius 1 is 1.28 bits per heavy atom. The van der Waals surface area contributed by atoms with Crippen molar-refractivity contribution in [1.82, 2.24) is 15.1 Å². The molecule has 1 aromatic carbocycles. The molecule has 2 aliphatic heterocycles. The molecule has 134 valence electrons. The molecule has 1 saturated heterocycles. The maximum Gasteiger partial charge on any atom is 0.233 e. The summed E-state index contributed by atoms with van der Waals surface area (Å²) in [6.07, 6.45) is 0.153. The Balaban J connectivity index is 1.60. The van der Waals surface area contributed by atoms with Crippen LogP contribution in [0.1, 0.15) is 29.8 Å². The number of methoxy groups -OCH3 is 1. The van der Waals surface area contributed by atoms with Crippen LogP contribution in [0.25, 0.3) is 0 Å². The summed E-state index contributed by atoms with van der Waals surface area (Å²) in [4.78, 5) is 2.13. The minimum atomic E-state index is -0.420. The number of benzene rings is 1. The first-order valence-corrected chi connectivity index (χ1v) is 8.32. The number of nitrogens with zero attached hydrogens (tertiary/aromatic N) is 3. The average Bonchev–Trinajstić information content (AvgIpc) is 3.19. The zero-order valence-corrected chi connectivity index (χ0v) is 14.3. The van der Waals surface area contributed by atoms with Crippen molar-refractivity contribution in [3.8, 4) is 17.2 Å². The monoisotopic (exact) mass is 347 g/mol. The van der Waals surface area contributed by atoms with Crippen molar-refractivity contribution in [1.29, 1.82) is 0 Å². The van der Waals surface area contributed by atoms with E-state index in [1.807, 2.05) is 12.1 Å². The van der Waals surface area contributed by atoms with Crippen LogP contribution in [0.2, 0.25) is 0 Å². The van der Waals surface area contributed by atoms with Gasteiger partial charge in [-0.1, -0.05) is 0 Å². The third-order valence-electron chi connectivity index (χ3n) is 4.48. The van der Waals surface area contributed by atoms with E-state index in [0.717, 1.165) is 5.56 Å². The fourth-order valence-electron chi connectivity index (χ4n) is 3.41. The fraction of sp³-hybridized carbons (Fsp3) is 0.529. The van der Waals surface area contributed by atoms with E-state index in [1.54, 1.807) is 14.0 Å². The molecule has 8 heteroatoms. The fourth-order valence-corrected chi connectivity index (χ4v) is 3.41. The number of hydrogen-bond donors (Lipinski definition) is 1. The smallest absolute Gasteiger partial charge is 0.233 e. The first-order chi connectivity index (χ1) is 12.1. The molecule has 0 saturated carbocycles. The van der Waals surface area contributed by atoms with Crippen LogP contribution in [0.3, 0.4) is 0 Å². The summed E-state index contributed by atoms with van der Waals surface area (Å²) in [7, 11) is 1.61. The topological polar surface area (TPSA) is 90.1 Å². The predicted octanol–water partition coefficient (Wildman–Crippen LogP) is 1.47. The SMILES string of the molecule is COc1cc(CN2C[C@H](O)C[C@@H]2c2nnc(C)o2)cc2c1OCCO2. The van der Waals surface area contributed by atoms with E-state index in [0.29, 0.717) is 61.8 Å². The summed E-state index contributed by atoms with van der Waals surface area (Å²) in [5, 5.41) is 18.1. The van der Waals surface area contributed by atoms with Gasteiger partial charge in [-0.3, -0.25) is 4.90 Å². The Kier molecular flexibility index (Phi) is 4.22. The van der Waals surface area contributed by atoms with E-state index >= 15 is 0 Å². The first-order valence-electron chi connectivity index (χ1n) is 8.32. The van der Waals surface area contributed by atoms with Crippen LogP contribution in [-0.2, 0) is 6.54 Å². The molecule has 0 amide bonds. The van der Waals surface area contributed by atoms with E-state index < -0.39 is 6.10 Å². The Labute approximate surface area is 145 Å². The minimum Gasteiger partial charge on any atom is -0.493 e. The van der Waals surface area contributed by atoms with Crippen molar-refractivity contribution >= 4 is 0 Å². The molecule has 3 heterocycles. The number of hydrogen-bond acceptors (Lipinski definition) is 8. The summed E-state index contributed by atoms with van der Waals surface area (Å²) < 4.78 is 22.4. The lowest BCUT2D eigenvalue weighted by atomic mass is 10.1. The molecule has 0 radical (unpaired) electrons. The van der Waals surface area contributed by atoms with Crippen LogP contribution in [-0.4, -0.2) is 53.2 Å². The van der Waals surface area contributed by atoms with Gasteiger partial charge < -0.3 is 23.7 Å². The van der Waals surface area contributed by atoms with E-state index in [4.69, 9.17) is 18.6 Å². The van der Waals surface area contributed by atoms with Gasteiger partial charge in [0.05, 0.1) is 19.3 Å². The van der Waals surface area contributed by atoms with Gasteiger partial charge in [0, 0.05) is 20.0 Å². The maximum absolute atomic E-state index is 10.1. The van der Waals surface area contributed by atoms with Crippen LogP contribution in [0.5, 0.6) is 17.2 Å². The van der Waals surface area contributed by atoms with Gasteiger partial charge >= 0.3 is 0 Å². The molecular weight excluding hydrogens is 326 g/mol. The molecule has 1 N–H and O–H groups in total. The highest BCUT2D eigenvalue weighted by Gasteiger charge is 2.35. The van der Waals surface area contributed by atoms with Crippen molar-refractivity contribution in [2.75, 3.05) is 26.9 Å². The highest BCUT2D eigenvalue weighted by Crippen LogP contribution is 2.41. The van der Waals surface area contributed by atoms with Gasteiger partial charge in [-0.15, -0.1) is 10.2 Å². The largest absolute Gasteiger partial charge is 0.493 e. The van der Waals surface area contributed by atoms with Crippen molar-refractivity contribution < 1.29 is 23.7 Å². The number of ether oxygens (including phenoxy) is 3. The van der Waals surface area contributed by atoms with E-state index in [-0.39, 0.29) is 6.04 Å². The normalized spacial score (nSPS) is 23.0. The second-order valence-corrected chi connectivity index (χ2v) is 6.32. The first kappa shape index (κ1) is 16.2. The van der Waals surface area contributed by atoms with Crippen LogP contribution < -0.4 is 14.2 Å². The molecule has 2 aliphatic rings. The second kappa shape index (κ2) is 6.53. The third kappa shape index (κ3) is 3.14. The van der Waals surface area contributed by atoms with Crippen molar-refractivity contribution in [2.45, 2.75) is 32.0 Å². The number of rotatable bonds is 4. The summed E-state index contributed by atoms with van der Waals surface area (Å²) in [6.45, 7) is 3.95. The predicted molar refractivity (Wildman–Crippen MR) is 86.8 cm³/mol. The molecular formula is C17H21N3O5. The van der Waals surface area contributed by atoms with Crippen molar-refractivity contribution in [3.63, 3.8) is 0 Å². The molecule has 0 unspecified atom stereocenters. The summed E-state index contributed by atoms with van der Waals surface area (Å²) in [5.41, 5.74) is 1.01. The number of aryl methyl sites for hydroxylation is 1. The number of aromatic nitrogens is 2. The van der Waals surface area contributed by atoms with E-state index in [9.17, 15) is 5.11 Å². The Morgan fingerprint density at radius 3 is 2.88 bits per heavy atom. The van der Waals surface area contributed by atoms with Gasteiger partial charge in [0.1, 0.15) is 13.2 Å². The van der Waals surface area contributed by atoms with Gasteiger partial charge in [0.25, 0.3) is 0 Å². The number of aliphatic hydroxyl groups is 1. The van der Waals surface area contributed by atoms with Crippen molar-refractivity contribution in [3.05, 3.63) is 29.5 Å². The van der Waals surface area contributed by atoms with Gasteiger partial charge in [-0.05, 0) is 24.1 Å². The Morgan fingerprint density at radius 2 is 2.12 bits per heavy atom. The number of aliphatic hydroxyl groups excluding tert-OH is 1. The molecule has 2 aromatic rings. The highest BCUT2D eigenvalue weighted by atomic mass is 16.6. The molecule has 1 fully saturated rings. The zero-order valence-electron chi connectivity index (χ0n) is 14.3. The third-order valence-corrected chi connectivity index (χ3v) is 4.48. The lowest BCUT2D eigenvalue weighted by molar-refractivity contribution is 0.162. The lowest BCUT2D eigenvalue weighted by Gasteiger charge is -2.24. The van der Waals surface area contributed by atoms with E-state index in [2.05, 4.69) is 15.1 Å². The van der Waals surface area contributed by atoms with Gasteiger partial charge in [0.15, 0.2) is 11.5 Å². The summed E-state index contributed by atoms with van der Waals surface area (Å²) in [5.74, 6) is 3.04. The molecule has 2 atom stereocenters. The van der Waals surface area contributed by atoms with Crippen LogP contribution in [0.15, 0.2) is 16.5 Å². The van der Waals surface area contributed by atoms with Crippen LogP contribution in [0.4, 0.5) is 0 Å².